The molecule has 1 rings (SSSR count). The van der Waals surface area contributed by atoms with Crippen molar-refractivity contribution in [2.45, 2.75) is 26.8 Å². The zero-order valence-corrected chi connectivity index (χ0v) is 11.5. The van der Waals surface area contributed by atoms with Gasteiger partial charge < -0.3 is 5.32 Å². The topological polar surface area (TPSA) is 46.2 Å². The van der Waals surface area contributed by atoms with Crippen LogP contribution in [0.5, 0.6) is 0 Å². The van der Waals surface area contributed by atoms with E-state index < -0.39 is 9.84 Å². The van der Waals surface area contributed by atoms with Crippen LogP contribution in [0.15, 0.2) is 24.3 Å². The zero-order chi connectivity index (χ0) is 12.9. The van der Waals surface area contributed by atoms with E-state index >= 15 is 0 Å². The smallest absolute Gasteiger partial charge is 0.151 e. The first-order chi connectivity index (χ1) is 7.94. The Labute approximate surface area is 104 Å². The van der Waals surface area contributed by atoms with Gasteiger partial charge in [0.1, 0.15) is 0 Å². The van der Waals surface area contributed by atoms with Gasteiger partial charge in [-0.25, -0.2) is 8.42 Å². The summed E-state index contributed by atoms with van der Waals surface area (Å²) in [7, 11) is -2.87. The minimum absolute atomic E-state index is 0.182. The Morgan fingerprint density at radius 3 is 2.65 bits per heavy atom. The van der Waals surface area contributed by atoms with Crippen molar-refractivity contribution in [3.63, 3.8) is 0 Å². The molecule has 0 bridgehead atoms. The van der Waals surface area contributed by atoms with Gasteiger partial charge in [-0.05, 0) is 19.4 Å². The fourth-order valence-electron chi connectivity index (χ4n) is 1.63. The lowest BCUT2D eigenvalue weighted by atomic mass is 10.1. The number of aryl methyl sites for hydroxylation is 1. The Morgan fingerprint density at radius 2 is 2.06 bits per heavy atom. The van der Waals surface area contributed by atoms with E-state index in [0.29, 0.717) is 6.54 Å². The molecular weight excluding hydrogens is 234 g/mol. The Morgan fingerprint density at radius 1 is 1.35 bits per heavy atom. The summed E-state index contributed by atoms with van der Waals surface area (Å²) in [5.74, 6) is 0.424. The molecule has 0 aromatic heterocycles. The van der Waals surface area contributed by atoms with Crippen LogP contribution in [0.4, 0.5) is 0 Å². The highest BCUT2D eigenvalue weighted by Crippen LogP contribution is 2.13. The van der Waals surface area contributed by atoms with Crippen molar-refractivity contribution in [3.8, 4) is 0 Å². The SMILES string of the molecule is CCS(=O)(=O)CCN[C@@H](C)c1cccc(C)c1. The molecule has 0 saturated heterocycles. The Bertz CT molecular complexity index is 454. The zero-order valence-electron chi connectivity index (χ0n) is 10.7. The first-order valence-electron chi connectivity index (χ1n) is 5.95. The minimum Gasteiger partial charge on any atom is -0.309 e. The van der Waals surface area contributed by atoms with Crippen molar-refractivity contribution in [1.29, 1.82) is 0 Å². The van der Waals surface area contributed by atoms with Crippen molar-refractivity contribution in [2.75, 3.05) is 18.1 Å². The van der Waals surface area contributed by atoms with Crippen molar-refractivity contribution >= 4 is 9.84 Å². The van der Waals surface area contributed by atoms with Crippen LogP contribution in [0.1, 0.15) is 31.0 Å². The largest absolute Gasteiger partial charge is 0.309 e. The van der Waals surface area contributed by atoms with Crippen LogP contribution in [0.25, 0.3) is 0 Å². The van der Waals surface area contributed by atoms with Crippen LogP contribution in [0.2, 0.25) is 0 Å². The molecule has 3 nitrogen and oxygen atoms in total. The van der Waals surface area contributed by atoms with Gasteiger partial charge in [0, 0.05) is 18.3 Å². The molecular formula is C13H21NO2S. The highest BCUT2D eigenvalue weighted by Gasteiger charge is 2.09. The van der Waals surface area contributed by atoms with Crippen LogP contribution in [0.3, 0.4) is 0 Å². The van der Waals surface area contributed by atoms with E-state index in [9.17, 15) is 8.42 Å². The lowest BCUT2D eigenvalue weighted by Gasteiger charge is -2.14. The molecule has 0 radical (unpaired) electrons. The summed E-state index contributed by atoms with van der Waals surface area (Å²) in [5, 5.41) is 3.24. The molecule has 0 spiro atoms. The number of benzene rings is 1. The number of sulfone groups is 1. The summed E-state index contributed by atoms with van der Waals surface area (Å²) >= 11 is 0. The van der Waals surface area contributed by atoms with Crippen LogP contribution in [0, 0.1) is 6.92 Å². The molecule has 17 heavy (non-hydrogen) atoms. The van der Waals surface area contributed by atoms with Gasteiger partial charge in [-0.1, -0.05) is 36.8 Å². The Balaban J connectivity index is 2.48. The fraction of sp³-hybridized carbons (Fsp3) is 0.538. The van der Waals surface area contributed by atoms with E-state index in [-0.39, 0.29) is 17.5 Å². The third-order valence-electron chi connectivity index (χ3n) is 2.85. The normalized spacial score (nSPS) is 13.6. The van der Waals surface area contributed by atoms with Crippen LogP contribution < -0.4 is 5.32 Å². The van der Waals surface area contributed by atoms with Crippen molar-refractivity contribution in [1.82, 2.24) is 5.32 Å². The summed E-state index contributed by atoms with van der Waals surface area (Å²) < 4.78 is 22.7. The summed E-state index contributed by atoms with van der Waals surface area (Å²) in [6.45, 7) is 6.29. The maximum absolute atomic E-state index is 11.3. The molecule has 0 aliphatic heterocycles. The van der Waals surface area contributed by atoms with Crippen molar-refractivity contribution < 1.29 is 8.42 Å². The third kappa shape index (κ3) is 4.88. The predicted molar refractivity (Wildman–Crippen MR) is 71.9 cm³/mol. The average Bonchev–Trinajstić information content (AvgIpc) is 2.28. The van der Waals surface area contributed by atoms with E-state index in [1.165, 1.54) is 11.1 Å². The first kappa shape index (κ1) is 14.2. The van der Waals surface area contributed by atoms with E-state index in [0.717, 1.165) is 0 Å². The summed E-state index contributed by atoms with van der Waals surface area (Å²) in [6.07, 6.45) is 0. The van der Waals surface area contributed by atoms with E-state index in [1.807, 2.05) is 13.0 Å². The first-order valence-corrected chi connectivity index (χ1v) is 7.77. The van der Waals surface area contributed by atoms with Gasteiger partial charge in [-0.15, -0.1) is 0 Å². The molecule has 0 fully saturated rings. The van der Waals surface area contributed by atoms with Gasteiger partial charge >= 0.3 is 0 Å². The fourth-order valence-corrected chi connectivity index (χ4v) is 2.35. The number of hydrogen-bond acceptors (Lipinski definition) is 3. The highest BCUT2D eigenvalue weighted by molar-refractivity contribution is 7.91. The summed E-state index contributed by atoms with van der Waals surface area (Å²) in [5.41, 5.74) is 2.41. The molecule has 96 valence electrons. The quantitative estimate of drug-likeness (QED) is 0.846. The third-order valence-corrected chi connectivity index (χ3v) is 4.55. The van der Waals surface area contributed by atoms with Gasteiger partial charge in [0.05, 0.1) is 5.75 Å². The minimum atomic E-state index is -2.87. The molecule has 0 saturated carbocycles. The van der Waals surface area contributed by atoms with Gasteiger partial charge in [0.2, 0.25) is 0 Å². The second-order valence-corrected chi connectivity index (χ2v) is 6.80. The van der Waals surface area contributed by atoms with Crippen molar-refractivity contribution in [3.05, 3.63) is 35.4 Å². The molecule has 0 aliphatic rings. The second-order valence-electron chi connectivity index (χ2n) is 4.33. The van der Waals surface area contributed by atoms with Crippen LogP contribution in [-0.2, 0) is 9.84 Å². The van der Waals surface area contributed by atoms with Gasteiger partial charge in [0.25, 0.3) is 0 Å². The standard InChI is InChI=1S/C13H21NO2S/c1-4-17(15,16)9-8-14-12(3)13-7-5-6-11(2)10-13/h5-7,10,12,14H,4,8-9H2,1-3H3/t12-/m0/s1. The number of rotatable bonds is 6. The summed E-state index contributed by atoms with van der Waals surface area (Å²) in [4.78, 5) is 0. The molecule has 0 unspecified atom stereocenters. The second kappa shape index (κ2) is 6.17. The van der Waals surface area contributed by atoms with E-state index in [2.05, 4.69) is 30.4 Å². The van der Waals surface area contributed by atoms with Gasteiger partial charge in [-0.2, -0.15) is 0 Å². The lowest BCUT2D eigenvalue weighted by molar-refractivity contribution is 0.573. The van der Waals surface area contributed by atoms with E-state index in [4.69, 9.17) is 0 Å². The highest BCUT2D eigenvalue weighted by atomic mass is 32.2. The Kier molecular flexibility index (Phi) is 5.15. The molecule has 1 aromatic carbocycles. The average molecular weight is 255 g/mol. The van der Waals surface area contributed by atoms with Crippen LogP contribution in [-0.4, -0.2) is 26.5 Å². The number of nitrogens with one attached hydrogen (secondary N) is 1. The monoisotopic (exact) mass is 255 g/mol. The summed E-state index contributed by atoms with van der Waals surface area (Å²) in [6, 6.07) is 8.43. The molecule has 0 aliphatic carbocycles. The van der Waals surface area contributed by atoms with Gasteiger partial charge in [-0.3, -0.25) is 0 Å². The molecule has 1 aromatic rings. The molecule has 4 heteroatoms. The molecule has 1 N–H and O–H groups in total. The molecule has 0 heterocycles. The van der Waals surface area contributed by atoms with Crippen molar-refractivity contribution in [2.24, 2.45) is 0 Å². The number of hydrogen-bond donors (Lipinski definition) is 1. The maximum Gasteiger partial charge on any atom is 0.151 e. The van der Waals surface area contributed by atoms with Gasteiger partial charge in [0.15, 0.2) is 9.84 Å². The lowest BCUT2D eigenvalue weighted by Crippen LogP contribution is -2.26. The maximum atomic E-state index is 11.3. The molecule has 1 atom stereocenters. The van der Waals surface area contributed by atoms with Crippen LogP contribution >= 0.6 is 0 Å². The Hall–Kier alpha value is -0.870. The molecule has 0 amide bonds. The van der Waals surface area contributed by atoms with E-state index in [1.54, 1.807) is 6.92 Å². The predicted octanol–water partition coefficient (Wildman–Crippen LogP) is 2.08.